The summed E-state index contributed by atoms with van der Waals surface area (Å²) >= 11 is 0. The third-order valence-corrected chi connectivity index (χ3v) is 2.18. The van der Waals surface area contributed by atoms with E-state index in [1.165, 1.54) is 6.92 Å². The summed E-state index contributed by atoms with van der Waals surface area (Å²) in [6.45, 7) is 1.48. The Bertz CT molecular complexity index is 563. The number of nitrogens with zero attached hydrogens (tertiary/aromatic N) is 1. The first-order valence-corrected chi connectivity index (χ1v) is 4.12. The predicted molar refractivity (Wildman–Crippen MR) is 56.3 cm³/mol. The molecule has 6 heteroatoms. The first-order chi connectivity index (χ1) is 7.00. The summed E-state index contributed by atoms with van der Waals surface area (Å²) in [5, 5.41) is 10.7. The largest absolute Gasteiger partial charge is 0.353 e. The van der Waals surface area contributed by atoms with Gasteiger partial charge in [0.1, 0.15) is 0 Å². The van der Waals surface area contributed by atoms with Gasteiger partial charge in [-0.2, -0.15) is 0 Å². The topological polar surface area (TPSA) is 58.9 Å². The molecule has 1 aromatic heterocycles. The van der Waals surface area contributed by atoms with Crippen LogP contribution in [0.4, 0.5) is 14.5 Å². The second-order valence-corrected chi connectivity index (χ2v) is 3.17. The number of nitrogens with one attached hydrogen (secondary N) is 1. The fourth-order valence-electron chi connectivity index (χ4n) is 1.54. The second kappa shape index (κ2) is 3.88. The van der Waals surface area contributed by atoms with Crippen LogP contribution in [0.15, 0.2) is 12.1 Å². The van der Waals surface area contributed by atoms with Crippen LogP contribution in [-0.2, 0) is 0 Å². The highest BCUT2D eigenvalue weighted by atomic mass is 19.2. The van der Waals surface area contributed by atoms with Crippen molar-refractivity contribution in [3.05, 3.63) is 39.6 Å². The van der Waals surface area contributed by atoms with Gasteiger partial charge in [0.15, 0.2) is 11.6 Å². The maximum absolute atomic E-state index is 12.9. The first kappa shape index (κ1) is 12.1. The maximum Gasteiger partial charge on any atom is 0.297 e. The van der Waals surface area contributed by atoms with Crippen molar-refractivity contribution in [1.82, 2.24) is 4.98 Å². The molecule has 86 valence electrons. The number of nitro groups is 1. The number of fused-ring (bicyclic) bond motifs is 1. The average Bonchev–Trinajstić information content (AvgIpc) is 2.41. The minimum absolute atomic E-state index is 0. The lowest BCUT2D eigenvalue weighted by molar-refractivity contribution is -0.383. The Morgan fingerprint density at radius 3 is 2.44 bits per heavy atom. The van der Waals surface area contributed by atoms with Crippen LogP contribution < -0.4 is 0 Å². The number of aryl methyl sites for hydroxylation is 1. The standard InChI is InChI=1S/C9H6F2N2O2.CH4/c1-4-9(13(14)15)5-2-6(10)7(11)3-8(5)12-4;/h2-3,12H,1H3;1H4. The summed E-state index contributed by atoms with van der Waals surface area (Å²) in [4.78, 5) is 12.7. The third-order valence-electron chi connectivity index (χ3n) is 2.18. The first-order valence-electron chi connectivity index (χ1n) is 4.12. The minimum Gasteiger partial charge on any atom is -0.353 e. The van der Waals surface area contributed by atoms with Crippen LogP contribution in [0.3, 0.4) is 0 Å². The Morgan fingerprint density at radius 1 is 1.31 bits per heavy atom. The van der Waals surface area contributed by atoms with E-state index in [-0.39, 0.29) is 29.7 Å². The molecule has 0 amide bonds. The van der Waals surface area contributed by atoms with E-state index in [1.54, 1.807) is 0 Å². The van der Waals surface area contributed by atoms with Gasteiger partial charge in [0, 0.05) is 6.07 Å². The lowest BCUT2D eigenvalue weighted by Gasteiger charge is -1.93. The molecule has 0 fully saturated rings. The molecule has 0 aliphatic rings. The molecule has 0 aliphatic heterocycles. The maximum atomic E-state index is 12.9. The molecular weight excluding hydrogens is 218 g/mol. The van der Waals surface area contributed by atoms with Gasteiger partial charge in [-0.1, -0.05) is 7.43 Å². The highest BCUT2D eigenvalue weighted by molar-refractivity contribution is 5.90. The van der Waals surface area contributed by atoms with E-state index in [2.05, 4.69) is 4.98 Å². The van der Waals surface area contributed by atoms with Crippen molar-refractivity contribution in [3.8, 4) is 0 Å². The summed E-state index contributed by atoms with van der Waals surface area (Å²) in [6.07, 6.45) is 0. The van der Waals surface area contributed by atoms with Gasteiger partial charge in [-0.05, 0) is 13.0 Å². The molecule has 0 aliphatic carbocycles. The molecular formula is C10H10F2N2O2. The summed E-state index contributed by atoms with van der Waals surface area (Å²) in [5.74, 6) is -2.12. The van der Waals surface area contributed by atoms with Crippen molar-refractivity contribution in [2.45, 2.75) is 14.4 Å². The Labute approximate surface area is 90.0 Å². The number of aromatic amines is 1. The average molecular weight is 228 g/mol. The van der Waals surface area contributed by atoms with Gasteiger partial charge in [0.2, 0.25) is 0 Å². The van der Waals surface area contributed by atoms with Crippen LogP contribution in [0.2, 0.25) is 0 Å². The normalized spacial score (nSPS) is 10.2. The number of halogens is 2. The molecule has 2 rings (SSSR count). The van der Waals surface area contributed by atoms with Crippen molar-refractivity contribution in [3.63, 3.8) is 0 Å². The molecule has 0 saturated carbocycles. The van der Waals surface area contributed by atoms with Gasteiger partial charge in [0.05, 0.1) is 21.5 Å². The zero-order valence-corrected chi connectivity index (χ0v) is 7.67. The highest BCUT2D eigenvalue weighted by Gasteiger charge is 2.20. The summed E-state index contributed by atoms with van der Waals surface area (Å²) in [5.41, 5.74) is 0.280. The SMILES string of the molecule is C.Cc1[nH]c2cc(F)c(F)cc2c1[N+](=O)[O-]. The third kappa shape index (κ3) is 1.62. The van der Waals surface area contributed by atoms with Crippen molar-refractivity contribution < 1.29 is 13.7 Å². The van der Waals surface area contributed by atoms with Crippen molar-refractivity contribution in [1.29, 1.82) is 0 Å². The molecule has 0 bridgehead atoms. The smallest absolute Gasteiger partial charge is 0.297 e. The highest BCUT2D eigenvalue weighted by Crippen LogP contribution is 2.30. The number of hydrogen-bond acceptors (Lipinski definition) is 2. The van der Waals surface area contributed by atoms with Gasteiger partial charge in [0.25, 0.3) is 5.69 Å². The van der Waals surface area contributed by atoms with Crippen LogP contribution in [0, 0.1) is 28.7 Å². The molecule has 0 saturated heterocycles. The van der Waals surface area contributed by atoms with Crippen LogP contribution in [-0.4, -0.2) is 9.91 Å². The zero-order chi connectivity index (χ0) is 11.2. The Kier molecular flexibility index (Phi) is 2.93. The monoisotopic (exact) mass is 228 g/mol. The van der Waals surface area contributed by atoms with E-state index in [4.69, 9.17) is 0 Å². The van der Waals surface area contributed by atoms with Crippen LogP contribution >= 0.6 is 0 Å². The van der Waals surface area contributed by atoms with E-state index in [1.807, 2.05) is 0 Å². The molecule has 0 spiro atoms. The van der Waals surface area contributed by atoms with E-state index in [0.717, 1.165) is 12.1 Å². The molecule has 2 aromatic rings. The fraction of sp³-hybridized carbons (Fsp3) is 0.200. The molecule has 0 unspecified atom stereocenters. The second-order valence-electron chi connectivity index (χ2n) is 3.17. The Hall–Kier alpha value is -1.98. The number of aromatic nitrogens is 1. The van der Waals surface area contributed by atoms with Gasteiger partial charge in [-0.15, -0.1) is 0 Å². The van der Waals surface area contributed by atoms with Crippen molar-refractivity contribution >= 4 is 16.6 Å². The molecule has 0 radical (unpaired) electrons. The zero-order valence-electron chi connectivity index (χ0n) is 7.67. The number of benzene rings is 1. The molecule has 4 nitrogen and oxygen atoms in total. The Morgan fingerprint density at radius 2 is 1.88 bits per heavy atom. The van der Waals surface area contributed by atoms with E-state index in [9.17, 15) is 18.9 Å². The molecule has 16 heavy (non-hydrogen) atoms. The van der Waals surface area contributed by atoms with E-state index in [0.29, 0.717) is 0 Å². The van der Waals surface area contributed by atoms with Gasteiger partial charge in [-0.3, -0.25) is 10.1 Å². The quantitative estimate of drug-likeness (QED) is 0.601. The van der Waals surface area contributed by atoms with Crippen LogP contribution in [0.1, 0.15) is 13.1 Å². The summed E-state index contributed by atoms with van der Waals surface area (Å²) < 4.78 is 25.7. The number of hydrogen-bond donors (Lipinski definition) is 1. The molecule has 0 atom stereocenters. The van der Waals surface area contributed by atoms with E-state index >= 15 is 0 Å². The van der Waals surface area contributed by atoms with Gasteiger partial charge >= 0.3 is 0 Å². The molecule has 1 aromatic carbocycles. The minimum atomic E-state index is -1.09. The van der Waals surface area contributed by atoms with Crippen molar-refractivity contribution in [2.24, 2.45) is 0 Å². The van der Waals surface area contributed by atoms with Crippen molar-refractivity contribution in [2.75, 3.05) is 0 Å². The fourth-order valence-corrected chi connectivity index (χ4v) is 1.54. The van der Waals surface area contributed by atoms with Crippen LogP contribution in [0.25, 0.3) is 10.9 Å². The number of rotatable bonds is 1. The number of H-pyrrole nitrogens is 1. The lowest BCUT2D eigenvalue weighted by atomic mass is 10.2. The van der Waals surface area contributed by atoms with Gasteiger partial charge < -0.3 is 4.98 Å². The molecule has 1 N–H and O–H groups in total. The summed E-state index contributed by atoms with van der Waals surface area (Å²) in [6, 6.07) is 1.73. The lowest BCUT2D eigenvalue weighted by Crippen LogP contribution is -1.89. The van der Waals surface area contributed by atoms with Gasteiger partial charge in [-0.25, -0.2) is 8.78 Å². The Balaban J connectivity index is 0.00000128. The summed E-state index contributed by atoms with van der Waals surface area (Å²) in [7, 11) is 0. The predicted octanol–water partition coefficient (Wildman–Crippen LogP) is 3.30. The molecule has 1 heterocycles. The van der Waals surface area contributed by atoms with E-state index < -0.39 is 16.6 Å². The van der Waals surface area contributed by atoms with Crippen LogP contribution in [0.5, 0.6) is 0 Å².